The van der Waals surface area contributed by atoms with Crippen LogP contribution in [0.5, 0.6) is 0 Å². The molecule has 4 aromatic rings. The van der Waals surface area contributed by atoms with Gasteiger partial charge in [-0.15, -0.1) is 0 Å². The Morgan fingerprint density at radius 1 is 0.238 bits per heavy atom. The maximum atomic E-state index is 14.2. The Bertz CT molecular complexity index is 2690. The minimum Gasteiger partial charge on any atom is -0.310 e. The summed E-state index contributed by atoms with van der Waals surface area (Å²) in [6.07, 6.45) is 23.5. The molecule has 28 unspecified atom stereocenters. The van der Waals surface area contributed by atoms with Gasteiger partial charge in [0, 0.05) is 95.7 Å². The van der Waals surface area contributed by atoms with Gasteiger partial charge in [-0.1, -0.05) is 173 Å². The van der Waals surface area contributed by atoms with Crippen molar-refractivity contribution in [3.63, 3.8) is 0 Å². The Balaban J connectivity index is 0.000000132. The van der Waals surface area contributed by atoms with Gasteiger partial charge in [-0.05, 0) is 170 Å². The van der Waals surface area contributed by atoms with Crippen LogP contribution in [0.1, 0.15) is 174 Å². The first-order valence-electron chi connectivity index (χ1n) is 34.8. The molecule has 28 atom stereocenters. The van der Waals surface area contributed by atoms with E-state index in [0.717, 1.165) is 51.4 Å². The van der Waals surface area contributed by atoms with Gasteiger partial charge in [0.25, 0.3) is 0 Å². The first-order valence-corrected chi connectivity index (χ1v) is 34.8. The summed E-state index contributed by atoms with van der Waals surface area (Å²) in [5.41, 5.74) is 5.52. The zero-order valence-corrected chi connectivity index (χ0v) is 49.5. The number of hydrogen-bond donors (Lipinski definition) is 4. The number of Topliss-reactive ketones (excluding diaryl/α,β-unsaturated/α-hetero) is 4. The number of fused-ring (bicyclic) bond motifs is 16. The lowest BCUT2D eigenvalue weighted by Crippen LogP contribution is -2.66. The van der Waals surface area contributed by atoms with Crippen molar-refractivity contribution < 1.29 is 19.2 Å². The van der Waals surface area contributed by atoms with Crippen LogP contribution < -0.4 is 21.3 Å². The Kier molecular flexibility index (Phi) is 13.8. The normalized spacial score (nSPS) is 47.4. The van der Waals surface area contributed by atoms with Crippen molar-refractivity contribution >= 4 is 23.1 Å². The van der Waals surface area contributed by atoms with E-state index < -0.39 is 0 Å². The summed E-state index contributed by atoms with van der Waals surface area (Å²) in [4.78, 5) is 56.8. The van der Waals surface area contributed by atoms with Crippen molar-refractivity contribution in [1.82, 2.24) is 21.3 Å². The molecule has 84 heavy (non-hydrogen) atoms. The summed E-state index contributed by atoms with van der Waals surface area (Å²) in [6, 6.07) is 47.2. The highest BCUT2D eigenvalue weighted by molar-refractivity contribution is 5.91. The van der Waals surface area contributed by atoms with Crippen LogP contribution >= 0.6 is 0 Å². The van der Waals surface area contributed by atoms with Gasteiger partial charge < -0.3 is 21.3 Å². The number of hydrogen-bond acceptors (Lipinski definition) is 8. The second-order valence-electron chi connectivity index (χ2n) is 30.5. The SMILES string of the molecule is O=C1C2CCCCC2C2NC3CC4C(CC3C(c3ccccc3)C12)NC1C2CCCCC2C(=O)C1C4c1ccccc1.O=C1C2CCCCC2C2NC3CC4C(CC3C(c3ccccc3)C12)NC1C2CCCCC2C(=O)C1C4c1ccccc1. The van der Waals surface area contributed by atoms with Gasteiger partial charge in [0.05, 0.1) is 0 Å². The molecule has 8 nitrogen and oxygen atoms in total. The predicted octanol–water partition coefficient (Wildman–Crippen LogP) is 12.5. The molecule has 14 aliphatic rings. The highest BCUT2D eigenvalue weighted by atomic mass is 16.1. The number of carbonyl (C=O) groups is 4. The first kappa shape index (κ1) is 53.6. The van der Waals surface area contributed by atoms with Gasteiger partial charge in [0.15, 0.2) is 0 Å². The summed E-state index contributed by atoms with van der Waals surface area (Å²) < 4.78 is 0. The summed E-state index contributed by atoms with van der Waals surface area (Å²) in [6.45, 7) is 0. The van der Waals surface area contributed by atoms with Gasteiger partial charge in [0.1, 0.15) is 23.1 Å². The molecule has 4 aromatic carbocycles. The summed E-state index contributed by atoms with van der Waals surface area (Å²) in [5, 5.41) is 17.0. The van der Waals surface area contributed by atoms with Gasteiger partial charge >= 0.3 is 0 Å². The molecule has 0 bridgehead atoms. The maximum absolute atomic E-state index is 14.2. The molecule has 14 fully saturated rings. The van der Waals surface area contributed by atoms with Crippen molar-refractivity contribution in [3.8, 4) is 0 Å². The van der Waals surface area contributed by atoms with E-state index in [-0.39, 0.29) is 47.3 Å². The van der Waals surface area contributed by atoms with Gasteiger partial charge in [-0.25, -0.2) is 0 Å². The molecule has 10 aliphatic carbocycles. The fraction of sp³-hybridized carbons (Fsp3) is 0.632. The molecule has 4 saturated heterocycles. The molecule has 4 aliphatic heterocycles. The minimum absolute atomic E-state index is 0.107. The zero-order chi connectivity index (χ0) is 55.9. The van der Waals surface area contributed by atoms with Crippen molar-refractivity contribution in [2.45, 2.75) is 200 Å². The average molecular weight is 1130 g/mol. The Hall–Kier alpha value is -4.60. The number of carbonyl (C=O) groups excluding carboxylic acids is 4. The molecule has 0 aromatic heterocycles. The fourth-order valence-corrected chi connectivity index (χ4v) is 24.5. The van der Waals surface area contributed by atoms with Crippen molar-refractivity contribution in [2.24, 2.45) is 94.7 Å². The van der Waals surface area contributed by atoms with Crippen LogP contribution in [0, 0.1) is 94.7 Å². The van der Waals surface area contributed by atoms with E-state index in [2.05, 4.69) is 143 Å². The largest absolute Gasteiger partial charge is 0.310 e. The molecular formula is C76H92N4O4. The molecule has 0 spiro atoms. The van der Waals surface area contributed by atoms with E-state index in [1.807, 2.05) is 0 Å². The third kappa shape index (κ3) is 8.44. The second-order valence-corrected chi connectivity index (χ2v) is 30.5. The van der Waals surface area contributed by atoms with Crippen LogP contribution in [0.25, 0.3) is 0 Å². The number of rotatable bonds is 4. The van der Waals surface area contributed by atoms with Crippen molar-refractivity contribution in [1.29, 1.82) is 0 Å². The van der Waals surface area contributed by atoms with Crippen LogP contribution in [-0.4, -0.2) is 71.5 Å². The summed E-state index contributed by atoms with van der Waals surface area (Å²) in [5.74, 6) is 8.67. The third-order valence-corrected chi connectivity index (χ3v) is 27.4. The quantitative estimate of drug-likeness (QED) is 0.160. The number of nitrogens with one attached hydrogen (secondary N) is 4. The van der Waals surface area contributed by atoms with Gasteiger partial charge in [-0.2, -0.15) is 0 Å². The van der Waals surface area contributed by atoms with Crippen molar-refractivity contribution in [2.75, 3.05) is 0 Å². The maximum Gasteiger partial charge on any atom is 0.141 e. The molecule has 440 valence electrons. The lowest BCUT2D eigenvalue weighted by atomic mass is 9.56. The number of benzene rings is 4. The summed E-state index contributed by atoms with van der Waals surface area (Å²) >= 11 is 0. The van der Waals surface area contributed by atoms with E-state index in [1.165, 1.54) is 99.3 Å². The number of ketones is 4. The molecule has 10 saturated carbocycles. The lowest BCUT2D eigenvalue weighted by Gasteiger charge is -2.57. The monoisotopic (exact) mass is 1120 g/mol. The Labute approximate surface area is 499 Å². The van der Waals surface area contributed by atoms with E-state index >= 15 is 0 Å². The van der Waals surface area contributed by atoms with E-state index in [4.69, 9.17) is 0 Å². The third-order valence-electron chi connectivity index (χ3n) is 27.4. The smallest absolute Gasteiger partial charge is 0.141 e. The summed E-state index contributed by atoms with van der Waals surface area (Å²) in [7, 11) is 0. The molecule has 4 N–H and O–H groups in total. The van der Waals surface area contributed by atoms with Crippen molar-refractivity contribution in [3.05, 3.63) is 144 Å². The van der Waals surface area contributed by atoms with Crippen LogP contribution in [-0.2, 0) is 19.2 Å². The number of piperidine rings is 4. The van der Waals surface area contributed by atoms with E-state index in [1.54, 1.807) is 0 Å². The van der Waals surface area contributed by atoms with E-state index in [0.29, 0.717) is 142 Å². The van der Waals surface area contributed by atoms with Crippen LogP contribution in [0.4, 0.5) is 0 Å². The molecular weight excluding hydrogens is 1030 g/mol. The molecule has 8 heteroatoms. The standard InChI is InChI=1S/2C38H46N2O2/c2*41-37-25-17-9-7-15-23(25)35-33(37)31(21-11-3-1-4-12-21)27-19-30-28(20-29(27)39-35)32(22-13-5-2-6-14-22)34-36(40-30)24-16-8-10-18-26(24)38(34)42/h2*1-6,11-14,23-36,39-40H,7-10,15-20H2. The molecule has 18 rings (SSSR count). The molecule has 0 amide bonds. The van der Waals surface area contributed by atoms with Gasteiger partial charge in [-0.3, -0.25) is 19.2 Å². The molecule has 4 heterocycles. The Morgan fingerprint density at radius 2 is 0.440 bits per heavy atom. The second kappa shape index (κ2) is 21.6. The highest BCUT2D eigenvalue weighted by Gasteiger charge is 2.66. The average Bonchev–Trinajstić information content (AvgIpc) is 1.87. The minimum atomic E-state index is 0.107. The zero-order valence-electron chi connectivity index (χ0n) is 49.5. The first-order chi connectivity index (χ1) is 41.4. The Morgan fingerprint density at radius 3 is 0.655 bits per heavy atom. The lowest BCUT2D eigenvalue weighted by molar-refractivity contribution is -0.129. The van der Waals surface area contributed by atoms with Gasteiger partial charge in [0.2, 0.25) is 0 Å². The van der Waals surface area contributed by atoms with Crippen LogP contribution in [0.15, 0.2) is 121 Å². The predicted molar refractivity (Wildman–Crippen MR) is 328 cm³/mol. The fourth-order valence-electron chi connectivity index (χ4n) is 24.5. The van der Waals surface area contributed by atoms with E-state index in [9.17, 15) is 19.2 Å². The molecule has 0 radical (unpaired) electrons. The van der Waals surface area contributed by atoms with Crippen LogP contribution in [0.2, 0.25) is 0 Å². The van der Waals surface area contributed by atoms with Crippen LogP contribution in [0.3, 0.4) is 0 Å². The topological polar surface area (TPSA) is 116 Å². The highest BCUT2D eigenvalue weighted by Crippen LogP contribution is 2.63.